The molecular formula is C13H17NO2. The Labute approximate surface area is 96.6 Å². The van der Waals surface area contributed by atoms with Crippen LogP contribution < -0.4 is 0 Å². The van der Waals surface area contributed by atoms with Gasteiger partial charge in [-0.1, -0.05) is 12.1 Å². The number of esters is 1. The highest BCUT2D eigenvalue weighted by Crippen LogP contribution is 2.27. The van der Waals surface area contributed by atoms with Gasteiger partial charge in [-0.2, -0.15) is 0 Å². The molecule has 2 rings (SSSR count). The average Bonchev–Trinajstić information content (AvgIpc) is 2.58. The van der Waals surface area contributed by atoms with Crippen LogP contribution in [0, 0.1) is 0 Å². The predicted octanol–water partition coefficient (Wildman–Crippen LogP) is 2.61. The van der Waals surface area contributed by atoms with Crippen LogP contribution in [-0.4, -0.2) is 16.6 Å². The summed E-state index contributed by atoms with van der Waals surface area (Å²) in [6, 6.07) is 3.86. The van der Waals surface area contributed by atoms with Gasteiger partial charge in [0.15, 0.2) is 0 Å². The molecule has 0 amide bonds. The van der Waals surface area contributed by atoms with Crippen molar-refractivity contribution in [2.75, 3.05) is 0 Å². The fourth-order valence-electron chi connectivity index (χ4n) is 1.67. The first kappa shape index (κ1) is 10.9. The SMILES string of the molecule is CC(C)(C)OC(=O)C1=CCc2cccnc21.[HH]. The zero-order chi connectivity index (χ0) is 11.8. The number of carbonyl (C=O) groups is 1. The zero-order valence-corrected chi connectivity index (χ0v) is 9.78. The molecular weight excluding hydrogens is 202 g/mol. The molecule has 1 heterocycles. The Balaban J connectivity index is 0.00000144. The largest absolute Gasteiger partial charge is 0.456 e. The number of ether oxygens (including phenoxy) is 1. The Morgan fingerprint density at radius 2 is 2.25 bits per heavy atom. The van der Waals surface area contributed by atoms with E-state index in [4.69, 9.17) is 4.74 Å². The fraction of sp³-hybridized carbons (Fsp3) is 0.385. The van der Waals surface area contributed by atoms with Crippen molar-refractivity contribution in [1.29, 1.82) is 0 Å². The molecule has 0 saturated heterocycles. The van der Waals surface area contributed by atoms with E-state index in [0.717, 1.165) is 17.7 Å². The van der Waals surface area contributed by atoms with E-state index in [1.165, 1.54) is 0 Å². The molecule has 0 atom stereocenters. The van der Waals surface area contributed by atoms with Crippen molar-refractivity contribution in [3.8, 4) is 0 Å². The molecule has 0 aliphatic heterocycles. The number of carbonyl (C=O) groups excluding carboxylic acids is 1. The second-order valence-corrected chi connectivity index (χ2v) is 4.83. The van der Waals surface area contributed by atoms with Gasteiger partial charge in [0.05, 0.1) is 11.3 Å². The lowest BCUT2D eigenvalue weighted by Gasteiger charge is -2.19. The van der Waals surface area contributed by atoms with Crippen molar-refractivity contribution in [3.63, 3.8) is 0 Å². The summed E-state index contributed by atoms with van der Waals surface area (Å²) in [5, 5.41) is 0. The molecule has 0 saturated carbocycles. The molecule has 0 unspecified atom stereocenters. The average molecular weight is 219 g/mol. The minimum Gasteiger partial charge on any atom is -0.456 e. The van der Waals surface area contributed by atoms with Gasteiger partial charge in [-0.05, 0) is 38.8 Å². The van der Waals surface area contributed by atoms with Gasteiger partial charge in [-0.3, -0.25) is 4.98 Å². The highest BCUT2D eigenvalue weighted by Gasteiger charge is 2.25. The second-order valence-electron chi connectivity index (χ2n) is 4.83. The van der Waals surface area contributed by atoms with E-state index in [1.54, 1.807) is 6.20 Å². The molecule has 16 heavy (non-hydrogen) atoms. The van der Waals surface area contributed by atoms with Crippen molar-refractivity contribution in [2.24, 2.45) is 0 Å². The number of hydrogen-bond acceptors (Lipinski definition) is 3. The van der Waals surface area contributed by atoms with Crippen LogP contribution >= 0.6 is 0 Å². The zero-order valence-electron chi connectivity index (χ0n) is 9.78. The predicted molar refractivity (Wildman–Crippen MR) is 63.9 cm³/mol. The minimum atomic E-state index is -0.463. The molecule has 0 radical (unpaired) electrons. The summed E-state index contributed by atoms with van der Waals surface area (Å²) >= 11 is 0. The number of fused-ring (bicyclic) bond motifs is 1. The van der Waals surface area contributed by atoms with Crippen LogP contribution in [0.1, 0.15) is 33.5 Å². The minimum absolute atomic E-state index is 0. The number of pyridine rings is 1. The highest BCUT2D eigenvalue weighted by molar-refractivity contribution is 6.17. The maximum Gasteiger partial charge on any atom is 0.340 e. The Morgan fingerprint density at radius 3 is 2.94 bits per heavy atom. The summed E-state index contributed by atoms with van der Waals surface area (Å²) in [5.41, 5.74) is 1.97. The van der Waals surface area contributed by atoms with Gasteiger partial charge in [0, 0.05) is 7.62 Å². The van der Waals surface area contributed by atoms with Gasteiger partial charge < -0.3 is 4.74 Å². The maximum atomic E-state index is 11.9. The summed E-state index contributed by atoms with van der Waals surface area (Å²) in [6.45, 7) is 5.58. The molecule has 86 valence electrons. The molecule has 3 heteroatoms. The number of aromatic nitrogens is 1. The Kier molecular flexibility index (Phi) is 2.54. The highest BCUT2D eigenvalue weighted by atomic mass is 16.6. The van der Waals surface area contributed by atoms with Crippen LogP contribution in [0.2, 0.25) is 0 Å². The topological polar surface area (TPSA) is 39.2 Å². The standard InChI is InChI=1S/C13H15NO2.H2/c1-13(2,3)16-12(15)10-7-6-9-5-4-8-14-11(9)10;/h4-5,7-8H,6H2,1-3H3;1H. The molecule has 0 N–H and O–H groups in total. The first-order chi connectivity index (χ1) is 7.47. The van der Waals surface area contributed by atoms with E-state index in [-0.39, 0.29) is 7.40 Å². The van der Waals surface area contributed by atoms with Gasteiger partial charge >= 0.3 is 5.97 Å². The van der Waals surface area contributed by atoms with E-state index >= 15 is 0 Å². The third-order valence-electron chi connectivity index (χ3n) is 2.29. The van der Waals surface area contributed by atoms with Gasteiger partial charge in [-0.25, -0.2) is 4.79 Å². The normalized spacial score (nSPS) is 14.3. The quantitative estimate of drug-likeness (QED) is 0.681. The number of allylic oxidation sites excluding steroid dienone is 1. The molecule has 0 bridgehead atoms. The van der Waals surface area contributed by atoms with E-state index in [0.29, 0.717) is 5.57 Å². The molecule has 3 nitrogen and oxygen atoms in total. The second kappa shape index (κ2) is 3.74. The summed E-state index contributed by atoms with van der Waals surface area (Å²) in [7, 11) is 0. The van der Waals surface area contributed by atoms with E-state index in [9.17, 15) is 4.79 Å². The smallest absolute Gasteiger partial charge is 0.340 e. The van der Waals surface area contributed by atoms with Crippen molar-refractivity contribution < 1.29 is 11.0 Å². The van der Waals surface area contributed by atoms with Crippen LogP contribution in [0.4, 0.5) is 0 Å². The number of hydrogen-bond donors (Lipinski definition) is 0. The van der Waals surface area contributed by atoms with Crippen LogP contribution in [0.3, 0.4) is 0 Å². The Bertz CT molecular complexity index is 461. The van der Waals surface area contributed by atoms with Crippen molar-refractivity contribution >= 4 is 11.5 Å². The maximum absolute atomic E-state index is 11.9. The lowest BCUT2D eigenvalue weighted by Crippen LogP contribution is -2.24. The van der Waals surface area contributed by atoms with Gasteiger partial charge in [0.25, 0.3) is 0 Å². The first-order valence-electron chi connectivity index (χ1n) is 5.35. The van der Waals surface area contributed by atoms with Gasteiger partial charge in [-0.15, -0.1) is 0 Å². The molecule has 1 aromatic heterocycles. The van der Waals surface area contributed by atoms with Crippen LogP contribution in [0.25, 0.3) is 5.57 Å². The number of rotatable bonds is 1. The van der Waals surface area contributed by atoms with Crippen molar-refractivity contribution in [1.82, 2.24) is 4.98 Å². The molecule has 1 aliphatic carbocycles. The van der Waals surface area contributed by atoms with Crippen LogP contribution in [0.15, 0.2) is 24.4 Å². The lowest BCUT2D eigenvalue weighted by molar-refractivity contribution is -0.147. The van der Waals surface area contributed by atoms with Crippen LogP contribution in [0.5, 0.6) is 0 Å². The van der Waals surface area contributed by atoms with E-state index in [2.05, 4.69) is 4.98 Å². The molecule has 0 aromatic carbocycles. The Hall–Kier alpha value is -1.64. The van der Waals surface area contributed by atoms with E-state index in [1.807, 2.05) is 39.0 Å². The van der Waals surface area contributed by atoms with Crippen molar-refractivity contribution in [2.45, 2.75) is 32.8 Å². The summed E-state index contributed by atoms with van der Waals surface area (Å²) in [6.07, 6.45) is 4.34. The first-order valence-corrected chi connectivity index (χ1v) is 5.35. The van der Waals surface area contributed by atoms with Crippen molar-refractivity contribution in [3.05, 3.63) is 35.7 Å². The van der Waals surface area contributed by atoms with E-state index < -0.39 is 5.60 Å². The summed E-state index contributed by atoms with van der Waals surface area (Å²) < 4.78 is 5.33. The Morgan fingerprint density at radius 1 is 1.50 bits per heavy atom. The summed E-state index contributed by atoms with van der Waals surface area (Å²) in [5.74, 6) is -0.287. The molecule has 1 aliphatic rings. The monoisotopic (exact) mass is 219 g/mol. The molecule has 0 spiro atoms. The fourth-order valence-corrected chi connectivity index (χ4v) is 1.67. The lowest BCUT2D eigenvalue weighted by atomic mass is 10.1. The third kappa shape index (κ3) is 2.13. The van der Waals surface area contributed by atoms with Gasteiger partial charge in [0.2, 0.25) is 0 Å². The van der Waals surface area contributed by atoms with Gasteiger partial charge in [0.1, 0.15) is 5.60 Å². The molecule has 1 aromatic rings. The molecule has 0 fully saturated rings. The summed E-state index contributed by atoms with van der Waals surface area (Å²) in [4.78, 5) is 16.1. The number of nitrogens with zero attached hydrogens (tertiary/aromatic N) is 1. The van der Waals surface area contributed by atoms with Crippen LogP contribution in [-0.2, 0) is 16.0 Å². The third-order valence-corrected chi connectivity index (χ3v) is 2.29.